The molecule has 1 fully saturated rings. The average molecular weight is 544 g/mol. The molecule has 5 rings (SSSR count). The number of rotatable bonds is 7. The van der Waals surface area contributed by atoms with Gasteiger partial charge in [0.05, 0.1) is 5.56 Å². The van der Waals surface area contributed by atoms with Crippen LogP contribution in [-0.2, 0) is 10.0 Å². The van der Waals surface area contributed by atoms with Crippen LogP contribution in [0.3, 0.4) is 0 Å². The average Bonchev–Trinajstić information content (AvgIpc) is 3.21. The van der Waals surface area contributed by atoms with E-state index < -0.39 is 15.9 Å². The van der Waals surface area contributed by atoms with E-state index in [1.54, 1.807) is 30.5 Å². The van der Waals surface area contributed by atoms with E-state index in [0.717, 1.165) is 29.8 Å². The molecule has 2 aromatic heterocycles. The molecule has 0 radical (unpaired) electrons. The van der Waals surface area contributed by atoms with Crippen LogP contribution < -0.4 is 14.9 Å². The van der Waals surface area contributed by atoms with Crippen molar-refractivity contribution >= 4 is 33.3 Å². The number of pyridine rings is 2. The fraction of sp³-hybridized carbons (Fsp3) is 0.233. The van der Waals surface area contributed by atoms with Gasteiger partial charge in [0.25, 0.3) is 15.9 Å². The Morgan fingerprint density at radius 2 is 1.67 bits per heavy atom. The molecule has 3 heterocycles. The number of anilines is 3. The summed E-state index contributed by atoms with van der Waals surface area (Å²) in [6.07, 6.45) is 2.56. The van der Waals surface area contributed by atoms with Crippen molar-refractivity contribution in [2.45, 2.75) is 37.8 Å². The topological polar surface area (TPSA) is 104 Å². The Morgan fingerprint density at radius 1 is 0.949 bits per heavy atom. The molecule has 39 heavy (non-hydrogen) atoms. The molecule has 8 nitrogen and oxygen atoms in total. The summed E-state index contributed by atoms with van der Waals surface area (Å²) in [6.45, 7) is 7.08. The third-order valence-electron chi connectivity index (χ3n) is 6.85. The van der Waals surface area contributed by atoms with Gasteiger partial charge in [0, 0.05) is 25.4 Å². The van der Waals surface area contributed by atoms with Crippen molar-refractivity contribution in [3.05, 3.63) is 96.7 Å². The second-order valence-electron chi connectivity index (χ2n) is 10.5. The van der Waals surface area contributed by atoms with Crippen LogP contribution in [0.4, 0.5) is 17.3 Å². The van der Waals surface area contributed by atoms with Gasteiger partial charge < -0.3 is 10.2 Å². The summed E-state index contributed by atoms with van der Waals surface area (Å²) in [7, 11) is -4.24. The molecule has 202 valence electrons. The molecule has 9 heteroatoms. The van der Waals surface area contributed by atoms with Gasteiger partial charge in [0.2, 0.25) is 0 Å². The number of carbonyl (C=O) groups is 1. The van der Waals surface area contributed by atoms with E-state index in [9.17, 15) is 13.2 Å². The van der Waals surface area contributed by atoms with Crippen molar-refractivity contribution in [2.24, 2.45) is 5.92 Å². The highest BCUT2D eigenvalue weighted by atomic mass is 32.2. The van der Waals surface area contributed by atoms with Crippen LogP contribution in [0.15, 0.2) is 96.2 Å². The van der Waals surface area contributed by atoms with E-state index in [2.05, 4.69) is 45.7 Å². The lowest BCUT2D eigenvalue weighted by Gasteiger charge is -2.33. The summed E-state index contributed by atoms with van der Waals surface area (Å²) in [5, 5.41) is 2.87. The zero-order valence-corrected chi connectivity index (χ0v) is 22.9. The minimum Gasteiger partial charge on any atom is -0.351 e. The molecule has 0 aliphatic carbocycles. The highest BCUT2D eigenvalue weighted by Gasteiger charge is 2.39. The largest absolute Gasteiger partial charge is 0.351 e. The summed E-state index contributed by atoms with van der Waals surface area (Å²) in [4.78, 5) is 24.0. The van der Waals surface area contributed by atoms with E-state index >= 15 is 0 Å². The first-order valence-corrected chi connectivity index (χ1v) is 14.3. The Balaban J connectivity index is 0.00000370. The lowest BCUT2D eigenvalue weighted by Crippen LogP contribution is -2.41. The minimum atomic E-state index is -4.24. The zero-order chi connectivity index (χ0) is 27.6. The van der Waals surface area contributed by atoms with E-state index in [0.29, 0.717) is 17.6 Å². The Labute approximate surface area is 230 Å². The Hall–Kier alpha value is -4.24. The third-order valence-corrected chi connectivity index (χ3v) is 8.08. The van der Waals surface area contributed by atoms with E-state index in [-0.39, 0.29) is 17.6 Å². The fourth-order valence-electron chi connectivity index (χ4n) is 5.14. The lowest BCUT2D eigenvalue weighted by molar-refractivity contribution is 0.0981. The number of nitrogens with zero attached hydrogens (tertiary/aromatic N) is 3. The molecule has 2 N–H and O–H groups in total. The lowest BCUT2D eigenvalue weighted by atomic mass is 9.97. The monoisotopic (exact) mass is 543 g/mol. The van der Waals surface area contributed by atoms with Crippen LogP contribution >= 0.6 is 0 Å². The Bertz CT molecular complexity index is 1600. The standard InChI is InChI=1S/C30H31N5O3S.H2/c1-21-19-30(2,3)35(20-21)28-25(11-8-18-31-28)29(36)34-39(37,38)27-13-7-12-26(33-27)32-24-16-14-23(15-17-24)22-9-5-4-6-10-22;/h4-18,21H,19-20H2,1-3H3,(H,32,33)(H,34,36);1H. The molecule has 1 unspecified atom stereocenters. The maximum absolute atomic E-state index is 13.2. The molecule has 1 atom stereocenters. The molecule has 1 aliphatic heterocycles. The number of amides is 1. The van der Waals surface area contributed by atoms with Gasteiger partial charge >= 0.3 is 0 Å². The summed E-state index contributed by atoms with van der Waals surface area (Å²) in [5.74, 6) is 0.496. The third kappa shape index (κ3) is 5.78. The zero-order valence-electron chi connectivity index (χ0n) is 22.1. The molecule has 0 bridgehead atoms. The first-order chi connectivity index (χ1) is 18.6. The van der Waals surface area contributed by atoms with Gasteiger partial charge in [-0.2, -0.15) is 8.42 Å². The summed E-state index contributed by atoms with van der Waals surface area (Å²) in [5.41, 5.74) is 2.92. The van der Waals surface area contributed by atoms with Crippen LogP contribution in [0.2, 0.25) is 0 Å². The maximum Gasteiger partial charge on any atom is 0.281 e. The first-order valence-electron chi connectivity index (χ1n) is 12.8. The van der Waals surface area contributed by atoms with Crippen molar-refractivity contribution in [2.75, 3.05) is 16.8 Å². The van der Waals surface area contributed by atoms with Crippen LogP contribution in [0.25, 0.3) is 11.1 Å². The number of benzene rings is 2. The number of sulfonamides is 1. The van der Waals surface area contributed by atoms with Crippen molar-refractivity contribution in [3.8, 4) is 11.1 Å². The van der Waals surface area contributed by atoms with Gasteiger partial charge in [0.15, 0.2) is 5.03 Å². The summed E-state index contributed by atoms with van der Waals surface area (Å²) < 4.78 is 28.5. The first kappa shape index (κ1) is 26.4. The molecular formula is C30H33N5O3S. The van der Waals surface area contributed by atoms with E-state index in [1.165, 1.54) is 6.07 Å². The van der Waals surface area contributed by atoms with Gasteiger partial charge in [-0.15, -0.1) is 0 Å². The van der Waals surface area contributed by atoms with Crippen LogP contribution in [0, 0.1) is 5.92 Å². The number of aromatic nitrogens is 2. The number of hydrogen-bond acceptors (Lipinski definition) is 7. The predicted molar refractivity (Wildman–Crippen MR) is 156 cm³/mol. The number of nitrogens with one attached hydrogen (secondary N) is 2. The van der Waals surface area contributed by atoms with Crippen LogP contribution in [0.5, 0.6) is 0 Å². The quantitative estimate of drug-likeness (QED) is 0.300. The smallest absolute Gasteiger partial charge is 0.281 e. The second kappa shape index (κ2) is 10.5. The molecule has 2 aromatic carbocycles. The normalized spacial score (nSPS) is 16.6. The highest BCUT2D eigenvalue weighted by Crippen LogP contribution is 2.37. The van der Waals surface area contributed by atoms with Crippen LogP contribution in [0.1, 0.15) is 39.0 Å². The fourth-order valence-corrected chi connectivity index (χ4v) is 6.07. The molecule has 0 saturated carbocycles. The van der Waals surface area contributed by atoms with Gasteiger partial charge in [0.1, 0.15) is 11.6 Å². The molecule has 1 saturated heterocycles. The van der Waals surface area contributed by atoms with Crippen molar-refractivity contribution < 1.29 is 14.6 Å². The summed E-state index contributed by atoms with van der Waals surface area (Å²) >= 11 is 0. The van der Waals surface area contributed by atoms with Crippen molar-refractivity contribution in [1.82, 2.24) is 14.7 Å². The SMILES string of the molecule is CC1CN(c2ncccc2C(=O)NS(=O)(=O)c2cccc(Nc3ccc(-c4ccccc4)cc3)n2)C(C)(C)C1.[HH]. The molecule has 1 aliphatic rings. The molecule has 1 amide bonds. The predicted octanol–water partition coefficient (Wildman–Crippen LogP) is 5.88. The van der Waals surface area contributed by atoms with Gasteiger partial charge in [-0.05, 0) is 73.7 Å². The Morgan fingerprint density at radius 3 is 2.36 bits per heavy atom. The molecule has 4 aromatic rings. The van der Waals surface area contributed by atoms with Gasteiger partial charge in [-0.25, -0.2) is 14.7 Å². The summed E-state index contributed by atoms with van der Waals surface area (Å²) in [6, 6.07) is 25.6. The van der Waals surface area contributed by atoms with Crippen LogP contribution in [-0.4, -0.2) is 36.4 Å². The van der Waals surface area contributed by atoms with E-state index in [1.807, 2.05) is 54.6 Å². The number of hydrogen-bond donors (Lipinski definition) is 2. The molecular weight excluding hydrogens is 510 g/mol. The van der Waals surface area contributed by atoms with Gasteiger partial charge in [-0.3, -0.25) is 4.79 Å². The highest BCUT2D eigenvalue weighted by molar-refractivity contribution is 7.90. The minimum absolute atomic E-state index is 0. The van der Waals surface area contributed by atoms with Gasteiger partial charge in [-0.1, -0.05) is 55.5 Å². The van der Waals surface area contributed by atoms with E-state index in [4.69, 9.17) is 0 Å². The molecule has 0 spiro atoms. The Kier molecular flexibility index (Phi) is 7.10. The van der Waals surface area contributed by atoms with Crippen molar-refractivity contribution in [3.63, 3.8) is 0 Å². The maximum atomic E-state index is 13.2. The van der Waals surface area contributed by atoms with Crippen molar-refractivity contribution in [1.29, 1.82) is 0 Å². The number of carbonyl (C=O) groups excluding carboxylic acids is 1. The second-order valence-corrected chi connectivity index (χ2v) is 12.1.